The largest absolute Gasteiger partial charge is 0.368 e. The van der Waals surface area contributed by atoms with Crippen molar-refractivity contribution in [1.82, 2.24) is 0 Å². The Bertz CT molecular complexity index is 75.6. The second-order valence-electron chi connectivity index (χ2n) is 1.27. The van der Waals surface area contributed by atoms with Gasteiger partial charge in [-0.05, 0) is 0 Å². The van der Waals surface area contributed by atoms with E-state index in [1.165, 1.54) is 0 Å². The zero-order valence-corrected chi connectivity index (χ0v) is 4.86. The topological polar surface area (TPSA) is 12.5 Å². The monoisotopic (exact) mass is 148 g/mol. The molecule has 0 radical (unpaired) electrons. The lowest BCUT2D eigenvalue weighted by Gasteiger charge is -1.77. The highest BCUT2D eigenvalue weighted by molar-refractivity contribution is 9.11. The van der Waals surface area contributed by atoms with Gasteiger partial charge in [-0.1, -0.05) is 22.5 Å². The SMILES string of the molecule is C=C(Br)C1CO1. The molecule has 6 heavy (non-hydrogen) atoms. The minimum absolute atomic E-state index is 0.324. The van der Waals surface area contributed by atoms with E-state index in [-0.39, 0.29) is 0 Å². The number of ether oxygens (including phenoxy) is 1. The molecule has 0 N–H and O–H groups in total. The first kappa shape index (κ1) is 4.34. The Morgan fingerprint density at radius 2 is 2.50 bits per heavy atom. The van der Waals surface area contributed by atoms with E-state index in [2.05, 4.69) is 22.5 Å². The molecular formula is C4H5BrO. The first-order chi connectivity index (χ1) is 2.80. The van der Waals surface area contributed by atoms with Gasteiger partial charge in [-0.25, -0.2) is 0 Å². The van der Waals surface area contributed by atoms with E-state index < -0.39 is 0 Å². The quantitative estimate of drug-likeness (QED) is 0.511. The zero-order chi connectivity index (χ0) is 4.57. The van der Waals surface area contributed by atoms with Gasteiger partial charge in [-0.2, -0.15) is 0 Å². The van der Waals surface area contributed by atoms with Crippen LogP contribution >= 0.6 is 15.9 Å². The van der Waals surface area contributed by atoms with Crippen LogP contribution in [0.2, 0.25) is 0 Å². The van der Waals surface area contributed by atoms with E-state index in [9.17, 15) is 0 Å². The molecule has 1 aliphatic heterocycles. The Morgan fingerprint density at radius 3 is 2.50 bits per heavy atom. The Labute approximate surface area is 45.1 Å². The van der Waals surface area contributed by atoms with Crippen LogP contribution in [0.4, 0.5) is 0 Å². The average Bonchev–Trinajstić information content (AvgIpc) is 2.06. The molecule has 1 aliphatic rings. The summed E-state index contributed by atoms with van der Waals surface area (Å²) in [6, 6.07) is 0. The lowest BCUT2D eigenvalue weighted by Crippen LogP contribution is -1.76. The lowest BCUT2D eigenvalue weighted by atomic mass is 10.5. The van der Waals surface area contributed by atoms with E-state index in [0.717, 1.165) is 11.1 Å². The van der Waals surface area contributed by atoms with Crippen LogP contribution < -0.4 is 0 Å². The van der Waals surface area contributed by atoms with E-state index in [0.29, 0.717) is 6.10 Å². The number of rotatable bonds is 1. The first-order valence-electron chi connectivity index (χ1n) is 1.76. The van der Waals surface area contributed by atoms with Crippen LogP contribution in [0.5, 0.6) is 0 Å². The van der Waals surface area contributed by atoms with Crippen molar-refractivity contribution in [2.24, 2.45) is 0 Å². The highest BCUT2D eigenvalue weighted by Crippen LogP contribution is 2.21. The summed E-state index contributed by atoms with van der Waals surface area (Å²) in [6.45, 7) is 4.46. The van der Waals surface area contributed by atoms with E-state index >= 15 is 0 Å². The molecule has 0 aromatic heterocycles. The van der Waals surface area contributed by atoms with Gasteiger partial charge in [0.1, 0.15) is 6.10 Å². The molecule has 1 atom stereocenters. The first-order valence-corrected chi connectivity index (χ1v) is 2.56. The van der Waals surface area contributed by atoms with Crippen molar-refractivity contribution in [1.29, 1.82) is 0 Å². The van der Waals surface area contributed by atoms with Gasteiger partial charge in [0, 0.05) is 4.48 Å². The molecule has 0 spiro atoms. The molecule has 1 heterocycles. The summed E-state index contributed by atoms with van der Waals surface area (Å²) in [4.78, 5) is 0. The van der Waals surface area contributed by atoms with Crippen LogP contribution in [0.3, 0.4) is 0 Å². The van der Waals surface area contributed by atoms with E-state index in [1.54, 1.807) is 0 Å². The van der Waals surface area contributed by atoms with Gasteiger partial charge >= 0.3 is 0 Å². The van der Waals surface area contributed by atoms with Crippen LogP contribution in [-0.2, 0) is 4.74 Å². The summed E-state index contributed by atoms with van der Waals surface area (Å²) >= 11 is 3.18. The Morgan fingerprint density at radius 1 is 2.00 bits per heavy atom. The van der Waals surface area contributed by atoms with Crippen LogP contribution in [0.25, 0.3) is 0 Å². The Kier molecular flexibility index (Phi) is 0.979. The molecule has 0 saturated carbocycles. The maximum absolute atomic E-state index is 4.82. The van der Waals surface area contributed by atoms with Crippen LogP contribution in [0, 0.1) is 0 Å². The molecule has 2 heteroatoms. The number of epoxide rings is 1. The van der Waals surface area contributed by atoms with Crippen molar-refractivity contribution in [2.75, 3.05) is 6.61 Å². The van der Waals surface area contributed by atoms with Crippen molar-refractivity contribution >= 4 is 15.9 Å². The highest BCUT2D eigenvalue weighted by Gasteiger charge is 2.23. The fourth-order valence-electron chi connectivity index (χ4n) is 0.229. The van der Waals surface area contributed by atoms with Crippen LogP contribution in [0.15, 0.2) is 11.1 Å². The molecular weight excluding hydrogens is 144 g/mol. The summed E-state index contributed by atoms with van der Waals surface area (Å²) in [7, 11) is 0. The third-order valence-corrected chi connectivity index (χ3v) is 1.19. The van der Waals surface area contributed by atoms with E-state index in [1.807, 2.05) is 0 Å². The highest BCUT2D eigenvalue weighted by atomic mass is 79.9. The van der Waals surface area contributed by atoms with Gasteiger partial charge in [-0.3, -0.25) is 0 Å². The summed E-state index contributed by atoms with van der Waals surface area (Å²) < 4.78 is 5.78. The normalized spacial score (nSPS) is 29.8. The van der Waals surface area contributed by atoms with Crippen molar-refractivity contribution in [2.45, 2.75) is 6.10 Å². The minimum Gasteiger partial charge on any atom is -0.368 e. The van der Waals surface area contributed by atoms with Gasteiger partial charge in [0.25, 0.3) is 0 Å². The van der Waals surface area contributed by atoms with Gasteiger partial charge < -0.3 is 4.74 Å². The number of hydrogen-bond acceptors (Lipinski definition) is 1. The molecule has 1 unspecified atom stereocenters. The van der Waals surface area contributed by atoms with Gasteiger partial charge in [0.05, 0.1) is 6.61 Å². The van der Waals surface area contributed by atoms with Crippen molar-refractivity contribution < 1.29 is 4.74 Å². The fraction of sp³-hybridized carbons (Fsp3) is 0.500. The van der Waals surface area contributed by atoms with Crippen molar-refractivity contribution in [3.63, 3.8) is 0 Å². The van der Waals surface area contributed by atoms with Crippen LogP contribution in [0.1, 0.15) is 0 Å². The van der Waals surface area contributed by atoms with Crippen LogP contribution in [-0.4, -0.2) is 12.7 Å². The standard InChI is InChI=1S/C4H5BrO/c1-3(5)4-2-6-4/h4H,1-2H2. The summed E-state index contributed by atoms with van der Waals surface area (Å²) in [5.41, 5.74) is 0. The molecule has 34 valence electrons. The minimum atomic E-state index is 0.324. The van der Waals surface area contributed by atoms with Gasteiger partial charge in [0.15, 0.2) is 0 Å². The predicted octanol–water partition coefficient (Wildman–Crippen LogP) is 1.29. The lowest BCUT2D eigenvalue weighted by molar-refractivity contribution is 0.438. The second-order valence-corrected chi connectivity index (χ2v) is 2.29. The van der Waals surface area contributed by atoms with Crippen molar-refractivity contribution in [3.05, 3.63) is 11.1 Å². The molecule has 0 aliphatic carbocycles. The van der Waals surface area contributed by atoms with Crippen molar-refractivity contribution in [3.8, 4) is 0 Å². The molecule has 1 fully saturated rings. The third-order valence-electron chi connectivity index (χ3n) is 0.683. The Hall–Kier alpha value is 0.180. The summed E-state index contributed by atoms with van der Waals surface area (Å²) in [6.07, 6.45) is 0.324. The number of halogens is 1. The molecule has 0 aromatic carbocycles. The fourth-order valence-corrected chi connectivity index (χ4v) is 0.493. The van der Waals surface area contributed by atoms with Gasteiger partial charge in [0.2, 0.25) is 0 Å². The second kappa shape index (κ2) is 1.35. The summed E-state index contributed by atoms with van der Waals surface area (Å²) in [5.74, 6) is 0. The maximum atomic E-state index is 4.82. The molecule has 0 aromatic rings. The summed E-state index contributed by atoms with van der Waals surface area (Å²) in [5, 5.41) is 0. The molecule has 0 bridgehead atoms. The van der Waals surface area contributed by atoms with E-state index in [4.69, 9.17) is 4.74 Å². The average molecular weight is 149 g/mol. The molecule has 1 saturated heterocycles. The zero-order valence-electron chi connectivity index (χ0n) is 3.28. The third kappa shape index (κ3) is 0.820. The Balaban J connectivity index is 2.31. The maximum Gasteiger partial charge on any atom is 0.112 e. The predicted molar refractivity (Wildman–Crippen MR) is 27.8 cm³/mol. The smallest absolute Gasteiger partial charge is 0.112 e. The molecule has 1 nitrogen and oxygen atoms in total. The number of hydrogen-bond donors (Lipinski definition) is 0. The molecule has 1 rings (SSSR count). The molecule has 0 amide bonds. The van der Waals surface area contributed by atoms with Gasteiger partial charge in [-0.15, -0.1) is 0 Å².